The first kappa shape index (κ1) is 25.4. The average molecular weight is 504 g/mol. The lowest BCUT2D eigenvalue weighted by atomic mass is 10.1. The van der Waals surface area contributed by atoms with Gasteiger partial charge < -0.3 is 34.5 Å². The number of nitrogens with one attached hydrogen (secondary N) is 2. The molecule has 37 heavy (non-hydrogen) atoms. The predicted octanol–water partition coefficient (Wildman–Crippen LogP) is 4.02. The van der Waals surface area contributed by atoms with Crippen LogP contribution in [0.2, 0.25) is 0 Å². The van der Waals surface area contributed by atoms with Gasteiger partial charge in [0.25, 0.3) is 5.91 Å². The lowest BCUT2D eigenvalue weighted by molar-refractivity contribution is 0.0954. The standard InChI is InChI=1S/C27H29N5O5/c1-17-15-29-27(30-20-13-22(35-2)24(37-4)23(14-20)36-3)31-25(17)32-12-10-19(16-32)26(34)28-11-9-18-7-5-6-8-21(18)33/h5-8,10,12-16,33H,9,11H2,1-4H3,(H,28,34)(H,29,30,31). The van der Waals surface area contributed by atoms with Crippen molar-refractivity contribution < 1.29 is 24.1 Å². The molecule has 0 saturated heterocycles. The average Bonchev–Trinajstić information content (AvgIpc) is 3.40. The van der Waals surface area contributed by atoms with Crippen molar-refractivity contribution >= 4 is 17.5 Å². The molecule has 0 saturated carbocycles. The maximum Gasteiger partial charge on any atom is 0.252 e. The number of nitrogens with zero attached hydrogens (tertiary/aromatic N) is 3. The lowest BCUT2D eigenvalue weighted by Crippen LogP contribution is -2.25. The Bertz CT molecular complexity index is 1380. The zero-order valence-corrected chi connectivity index (χ0v) is 21.1. The SMILES string of the molecule is COc1cc(Nc2ncc(C)c(-n3ccc(C(=O)NCCc4ccccc4O)c3)n2)cc(OC)c1OC. The summed E-state index contributed by atoms with van der Waals surface area (Å²) in [5.41, 5.74) is 2.76. The van der Waals surface area contributed by atoms with Gasteiger partial charge in [-0.15, -0.1) is 0 Å². The summed E-state index contributed by atoms with van der Waals surface area (Å²) in [7, 11) is 4.64. The third-order valence-electron chi connectivity index (χ3n) is 5.74. The van der Waals surface area contributed by atoms with E-state index in [9.17, 15) is 9.90 Å². The minimum Gasteiger partial charge on any atom is -0.508 e. The third-order valence-corrected chi connectivity index (χ3v) is 5.74. The van der Waals surface area contributed by atoms with Gasteiger partial charge in [-0.3, -0.25) is 4.79 Å². The van der Waals surface area contributed by atoms with Gasteiger partial charge in [0.15, 0.2) is 11.5 Å². The minimum atomic E-state index is -0.211. The van der Waals surface area contributed by atoms with Crippen molar-refractivity contribution in [2.45, 2.75) is 13.3 Å². The van der Waals surface area contributed by atoms with Crippen molar-refractivity contribution in [2.24, 2.45) is 0 Å². The fourth-order valence-electron chi connectivity index (χ4n) is 3.83. The molecule has 10 nitrogen and oxygen atoms in total. The minimum absolute atomic E-state index is 0.211. The highest BCUT2D eigenvalue weighted by atomic mass is 16.5. The molecule has 0 bridgehead atoms. The molecule has 0 fully saturated rings. The molecule has 0 aliphatic heterocycles. The molecule has 1 amide bonds. The fourth-order valence-corrected chi connectivity index (χ4v) is 3.83. The van der Waals surface area contributed by atoms with E-state index in [1.54, 1.807) is 74.8 Å². The van der Waals surface area contributed by atoms with Crippen LogP contribution in [0.5, 0.6) is 23.0 Å². The van der Waals surface area contributed by atoms with E-state index in [2.05, 4.69) is 20.6 Å². The van der Waals surface area contributed by atoms with Crippen molar-refractivity contribution in [3.63, 3.8) is 0 Å². The van der Waals surface area contributed by atoms with Gasteiger partial charge in [0.05, 0.1) is 26.9 Å². The van der Waals surface area contributed by atoms with Crippen LogP contribution >= 0.6 is 0 Å². The van der Waals surface area contributed by atoms with E-state index in [1.165, 1.54) is 0 Å². The first-order valence-electron chi connectivity index (χ1n) is 11.6. The van der Waals surface area contributed by atoms with Crippen LogP contribution in [-0.4, -0.2) is 53.4 Å². The van der Waals surface area contributed by atoms with E-state index < -0.39 is 0 Å². The van der Waals surface area contributed by atoms with Crippen molar-refractivity contribution in [1.82, 2.24) is 19.9 Å². The number of para-hydroxylation sites is 1. The number of amides is 1. The van der Waals surface area contributed by atoms with E-state index in [0.29, 0.717) is 53.2 Å². The molecule has 0 unspecified atom stereocenters. The normalized spacial score (nSPS) is 10.6. The van der Waals surface area contributed by atoms with Gasteiger partial charge in [0.1, 0.15) is 11.6 Å². The van der Waals surface area contributed by atoms with Crippen molar-refractivity contribution in [3.05, 3.63) is 77.7 Å². The maximum absolute atomic E-state index is 12.7. The largest absolute Gasteiger partial charge is 0.508 e. The van der Waals surface area contributed by atoms with Gasteiger partial charge in [-0.05, 0) is 31.0 Å². The first-order valence-corrected chi connectivity index (χ1v) is 11.6. The number of hydrogen-bond acceptors (Lipinski definition) is 8. The van der Waals surface area contributed by atoms with Gasteiger partial charge in [-0.2, -0.15) is 4.98 Å². The molecule has 192 valence electrons. The van der Waals surface area contributed by atoms with Crippen LogP contribution in [0.15, 0.2) is 61.1 Å². The highest BCUT2D eigenvalue weighted by molar-refractivity contribution is 5.94. The summed E-state index contributed by atoms with van der Waals surface area (Å²) in [5, 5.41) is 15.9. The molecule has 2 aromatic carbocycles. The summed E-state index contributed by atoms with van der Waals surface area (Å²) in [6.07, 6.45) is 5.72. The van der Waals surface area contributed by atoms with E-state index >= 15 is 0 Å². The van der Waals surface area contributed by atoms with Crippen LogP contribution in [0.25, 0.3) is 5.82 Å². The molecule has 0 atom stereocenters. The van der Waals surface area contributed by atoms with E-state index in [1.807, 2.05) is 19.1 Å². The molecule has 2 heterocycles. The second-order valence-corrected chi connectivity index (χ2v) is 8.18. The monoisotopic (exact) mass is 503 g/mol. The number of aromatic nitrogens is 3. The van der Waals surface area contributed by atoms with Crippen LogP contribution in [0, 0.1) is 6.92 Å². The Morgan fingerprint density at radius 2 is 1.78 bits per heavy atom. The van der Waals surface area contributed by atoms with Gasteiger partial charge in [0, 0.05) is 48.5 Å². The summed E-state index contributed by atoms with van der Waals surface area (Å²) in [5.74, 6) is 2.48. The molecule has 0 spiro atoms. The number of phenolic OH excluding ortho intramolecular Hbond substituents is 1. The molecule has 2 aromatic heterocycles. The van der Waals surface area contributed by atoms with Gasteiger partial charge in [-0.25, -0.2) is 4.98 Å². The van der Waals surface area contributed by atoms with E-state index in [-0.39, 0.29) is 11.7 Å². The van der Waals surface area contributed by atoms with Gasteiger partial charge in [-0.1, -0.05) is 18.2 Å². The third kappa shape index (κ3) is 5.75. The summed E-state index contributed by atoms with van der Waals surface area (Å²) in [4.78, 5) is 21.7. The number of carbonyl (C=O) groups excluding carboxylic acids is 1. The van der Waals surface area contributed by atoms with E-state index in [0.717, 1.165) is 11.1 Å². The number of phenols is 1. The maximum atomic E-state index is 12.7. The first-order chi connectivity index (χ1) is 17.9. The van der Waals surface area contributed by atoms with Crippen LogP contribution in [0.4, 0.5) is 11.6 Å². The zero-order valence-electron chi connectivity index (χ0n) is 21.1. The van der Waals surface area contributed by atoms with Crippen molar-refractivity contribution in [3.8, 4) is 28.8 Å². The Morgan fingerprint density at radius 1 is 1.05 bits per heavy atom. The topological polar surface area (TPSA) is 120 Å². The van der Waals surface area contributed by atoms with Crippen LogP contribution < -0.4 is 24.8 Å². The molecule has 0 aliphatic rings. The van der Waals surface area contributed by atoms with E-state index in [4.69, 9.17) is 14.2 Å². The Labute approximate surface area is 214 Å². The highest BCUT2D eigenvalue weighted by Gasteiger charge is 2.15. The Morgan fingerprint density at radius 3 is 2.46 bits per heavy atom. The number of rotatable bonds is 10. The number of hydrogen-bond donors (Lipinski definition) is 3. The zero-order chi connectivity index (χ0) is 26.4. The van der Waals surface area contributed by atoms with Gasteiger partial charge >= 0.3 is 0 Å². The quantitative estimate of drug-likeness (QED) is 0.297. The molecule has 4 rings (SSSR count). The second kappa shape index (κ2) is 11.3. The number of carbonyl (C=O) groups is 1. The Hall–Kier alpha value is -4.73. The highest BCUT2D eigenvalue weighted by Crippen LogP contribution is 2.40. The molecular formula is C27H29N5O5. The number of ether oxygens (including phenoxy) is 3. The van der Waals surface area contributed by atoms with Crippen LogP contribution in [-0.2, 0) is 6.42 Å². The Balaban J connectivity index is 1.48. The van der Waals surface area contributed by atoms with Crippen molar-refractivity contribution in [1.29, 1.82) is 0 Å². The summed E-state index contributed by atoms with van der Waals surface area (Å²) >= 11 is 0. The molecule has 10 heteroatoms. The summed E-state index contributed by atoms with van der Waals surface area (Å²) in [6, 6.07) is 12.3. The Kier molecular flexibility index (Phi) is 7.77. The fraction of sp³-hybridized carbons (Fsp3) is 0.222. The summed E-state index contributed by atoms with van der Waals surface area (Å²) < 4.78 is 18.0. The smallest absolute Gasteiger partial charge is 0.252 e. The number of benzene rings is 2. The molecule has 0 radical (unpaired) electrons. The second-order valence-electron chi connectivity index (χ2n) is 8.18. The molecule has 3 N–H and O–H groups in total. The number of aromatic hydroxyl groups is 1. The summed E-state index contributed by atoms with van der Waals surface area (Å²) in [6.45, 7) is 2.29. The van der Waals surface area contributed by atoms with Gasteiger partial charge in [0.2, 0.25) is 11.7 Å². The van der Waals surface area contributed by atoms with Crippen molar-refractivity contribution in [2.75, 3.05) is 33.2 Å². The number of aryl methyl sites for hydroxylation is 1. The number of methoxy groups -OCH3 is 3. The molecular weight excluding hydrogens is 474 g/mol. The van der Waals surface area contributed by atoms with Crippen LogP contribution in [0.1, 0.15) is 21.5 Å². The number of anilines is 2. The molecule has 0 aliphatic carbocycles. The van der Waals surface area contributed by atoms with Crippen LogP contribution in [0.3, 0.4) is 0 Å². The molecule has 4 aromatic rings. The lowest BCUT2D eigenvalue weighted by Gasteiger charge is -2.15. The predicted molar refractivity (Wildman–Crippen MR) is 140 cm³/mol.